The number of hydrogen-bond acceptors (Lipinski definition) is 3. The first-order valence-electron chi connectivity index (χ1n) is 6.40. The zero-order valence-corrected chi connectivity index (χ0v) is 10.8. The molecular formula is C13H20ClN3. The Balaban J connectivity index is 1.77. The number of rotatable bonds is 4. The van der Waals surface area contributed by atoms with E-state index in [1.165, 1.54) is 38.5 Å². The molecule has 0 bridgehead atoms. The highest BCUT2D eigenvalue weighted by atomic mass is 35.5. The van der Waals surface area contributed by atoms with Gasteiger partial charge in [-0.1, -0.05) is 43.7 Å². The van der Waals surface area contributed by atoms with Gasteiger partial charge in [-0.25, -0.2) is 4.98 Å². The molecule has 1 aromatic rings. The number of nitrogens with two attached hydrogens (primary N) is 1. The summed E-state index contributed by atoms with van der Waals surface area (Å²) in [4.78, 5) is 4.19. The first kappa shape index (κ1) is 12.5. The van der Waals surface area contributed by atoms with Gasteiger partial charge in [0.1, 0.15) is 5.82 Å². The average Bonchev–Trinajstić information content (AvgIpc) is 2.33. The number of hydrogen-bond donors (Lipinski definition) is 2. The minimum Gasteiger partial charge on any atom is -0.396 e. The van der Waals surface area contributed by atoms with Gasteiger partial charge in [0.25, 0.3) is 0 Å². The van der Waals surface area contributed by atoms with Crippen molar-refractivity contribution in [1.82, 2.24) is 4.98 Å². The Morgan fingerprint density at radius 3 is 2.82 bits per heavy atom. The largest absolute Gasteiger partial charge is 0.396 e. The van der Waals surface area contributed by atoms with E-state index < -0.39 is 0 Å². The summed E-state index contributed by atoms with van der Waals surface area (Å²) < 4.78 is 0. The van der Waals surface area contributed by atoms with Crippen LogP contribution in [0.3, 0.4) is 0 Å². The number of aromatic nitrogens is 1. The third-order valence-corrected chi connectivity index (χ3v) is 3.66. The Bertz CT molecular complexity index is 362. The van der Waals surface area contributed by atoms with E-state index in [1.807, 2.05) is 0 Å². The van der Waals surface area contributed by atoms with Crippen molar-refractivity contribution in [3.63, 3.8) is 0 Å². The van der Waals surface area contributed by atoms with Gasteiger partial charge < -0.3 is 11.1 Å². The van der Waals surface area contributed by atoms with Crippen LogP contribution in [0, 0.1) is 5.92 Å². The van der Waals surface area contributed by atoms with E-state index in [4.69, 9.17) is 17.3 Å². The monoisotopic (exact) mass is 253 g/mol. The fourth-order valence-electron chi connectivity index (χ4n) is 2.47. The number of anilines is 2. The zero-order valence-electron chi connectivity index (χ0n) is 10.1. The summed E-state index contributed by atoms with van der Waals surface area (Å²) in [7, 11) is 0. The van der Waals surface area contributed by atoms with Crippen molar-refractivity contribution in [1.29, 1.82) is 0 Å². The second-order valence-corrected chi connectivity index (χ2v) is 5.25. The number of nitrogen functional groups attached to an aromatic ring is 1. The molecule has 0 aliphatic heterocycles. The van der Waals surface area contributed by atoms with Crippen LogP contribution in [0.25, 0.3) is 0 Å². The summed E-state index contributed by atoms with van der Waals surface area (Å²) in [6, 6.07) is 1.73. The van der Waals surface area contributed by atoms with Gasteiger partial charge in [-0.3, -0.25) is 0 Å². The Morgan fingerprint density at radius 2 is 2.12 bits per heavy atom. The SMILES string of the molecule is Nc1cc(Cl)cnc1NCCC1CCCCC1. The van der Waals surface area contributed by atoms with Gasteiger partial charge in [-0.15, -0.1) is 0 Å². The lowest BCUT2D eigenvalue weighted by atomic mass is 9.87. The maximum Gasteiger partial charge on any atom is 0.149 e. The molecule has 0 radical (unpaired) electrons. The summed E-state index contributed by atoms with van der Waals surface area (Å²) >= 11 is 5.80. The lowest BCUT2D eigenvalue weighted by Gasteiger charge is -2.21. The van der Waals surface area contributed by atoms with Gasteiger partial charge >= 0.3 is 0 Å². The van der Waals surface area contributed by atoms with Crippen molar-refractivity contribution in [2.75, 3.05) is 17.6 Å². The lowest BCUT2D eigenvalue weighted by molar-refractivity contribution is 0.345. The molecule has 0 aromatic carbocycles. The Hall–Kier alpha value is -0.960. The minimum absolute atomic E-state index is 0.584. The number of pyridine rings is 1. The van der Waals surface area contributed by atoms with Crippen LogP contribution in [-0.4, -0.2) is 11.5 Å². The molecule has 1 aliphatic rings. The van der Waals surface area contributed by atoms with Crippen LogP contribution in [-0.2, 0) is 0 Å². The second-order valence-electron chi connectivity index (χ2n) is 4.81. The molecule has 3 nitrogen and oxygen atoms in total. The standard InChI is InChI=1S/C13H20ClN3/c14-11-8-12(15)13(17-9-11)16-7-6-10-4-2-1-3-5-10/h8-10H,1-7,15H2,(H,16,17). The third-order valence-electron chi connectivity index (χ3n) is 3.45. The van der Waals surface area contributed by atoms with Gasteiger partial charge in [0.15, 0.2) is 0 Å². The van der Waals surface area contributed by atoms with Crippen LogP contribution in [0.4, 0.5) is 11.5 Å². The molecule has 0 atom stereocenters. The predicted molar refractivity (Wildman–Crippen MR) is 73.3 cm³/mol. The van der Waals surface area contributed by atoms with Crippen molar-refractivity contribution in [2.24, 2.45) is 5.92 Å². The molecule has 17 heavy (non-hydrogen) atoms. The molecular weight excluding hydrogens is 234 g/mol. The lowest BCUT2D eigenvalue weighted by Crippen LogP contribution is -2.13. The molecule has 1 aliphatic carbocycles. The third kappa shape index (κ3) is 3.77. The molecule has 4 heteroatoms. The van der Waals surface area contributed by atoms with Crippen LogP contribution in [0.15, 0.2) is 12.3 Å². The van der Waals surface area contributed by atoms with Crippen molar-refractivity contribution in [3.8, 4) is 0 Å². The molecule has 0 unspecified atom stereocenters. The van der Waals surface area contributed by atoms with E-state index in [1.54, 1.807) is 12.3 Å². The first-order valence-corrected chi connectivity index (χ1v) is 6.78. The van der Waals surface area contributed by atoms with Crippen LogP contribution >= 0.6 is 11.6 Å². The fourth-order valence-corrected chi connectivity index (χ4v) is 2.64. The van der Waals surface area contributed by atoms with E-state index in [2.05, 4.69) is 10.3 Å². The number of halogens is 1. The Morgan fingerprint density at radius 1 is 1.35 bits per heavy atom. The van der Waals surface area contributed by atoms with E-state index in [9.17, 15) is 0 Å². The van der Waals surface area contributed by atoms with E-state index in [0.29, 0.717) is 10.7 Å². The molecule has 2 rings (SSSR count). The van der Waals surface area contributed by atoms with Gasteiger partial charge in [0.05, 0.1) is 10.7 Å². The fraction of sp³-hybridized carbons (Fsp3) is 0.615. The molecule has 1 aromatic heterocycles. The van der Waals surface area contributed by atoms with E-state index >= 15 is 0 Å². The van der Waals surface area contributed by atoms with Crippen molar-refractivity contribution in [2.45, 2.75) is 38.5 Å². The predicted octanol–water partition coefficient (Wildman–Crippen LogP) is 3.70. The van der Waals surface area contributed by atoms with Crippen LogP contribution in [0.1, 0.15) is 38.5 Å². The van der Waals surface area contributed by atoms with Gasteiger partial charge in [0.2, 0.25) is 0 Å². The zero-order chi connectivity index (χ0) is 12.1. The topological polar surface area (TPSA) is 50.9 Å². The highest BCUT2D eigenvalue weighted by molar-refractivity contribution is 6.30. The molecule has 1 heterocycles. The van der Waals surface area contributed by atoms with Crippen molar-refractivity contribution in [3.05, 3.63) is 17.3 Å². The molecule has 0 amide bonds. The normalized spacial score (nSPS) is 17.0. The van der Waals surface area contributed by atoms with Crippen LogP contribution in [0.2, 0.25) is 5.02 Å². The number of nitrogens with zero attached hydrogens (tertiary/aromatic N) is 1. The summed E-state index contributed by atoms with van der Waals surface area (Å²) in [5.74, 6) is 1.63. The van der Waals surface area contributed by atoms with Gasteiger partial charge in [-0.05, 0) is 18.4 Å². The second kappa shape index (κ2) is 6.10. The maximum absolute atomic E-state index is 5.83. The molecule has 0 spiro atoms. The quantitative estimate of drug-likeness (QED) is 0.860. The van der Waals surface area contributed by atoms with E-state index in [0.717, 1.165) is 18.3 Å². The van der Waals surface area contributed by atoms with Gasteiger partial charge in [0, 0.05) is 12.7 Å². The van der Waals surface area contributed by atoms with Crippen molar-refractivity contribution >= 4 is 23.1 Å². The van der Waals surface area contributed by atoms with Crippen molar-refractivity contribution < 1.29 is 0 Å². The summed E-state index contributed by atoms with van der Waals surface area (Å²) in [5, 5.41) is 3.88. The molecule has 1 fully saturated rings. The Kier molecular flexibility index (Phi) is 4.49. The summed E-state index contributed by atoms with van der Waals surface area (Å²) in [6.07, 6.45) is 9.80. The average molecular weight is 254 g/mol. The van der Waals surface area contributed by atoms with Crippen LogP contribution in [0.5, 0.6) is 0 Å². The highest BCUT2D eigenvalue weighted by Gasteiger charge is 2.12. The molecule has 3 N–H and O–H groups in total. The van der Waals surface area contributed by atoms with Gasteiger partial charge in [-0.2, -0.15) is 0 Å². The molecule has 94 valence electrons. The maximum atomic E-state index is 5.83. The highest BCUT2D eigenvalue weighted by Crippen LogP contribution is 2.26. The summed E-state index contributed by atoms with van der Waals surface area (Å²) in [6.45, 7) is 0.948. The number of nitrogens with one attached hydrogen (secondary N) is 1. The Labute approximate surface area is 108 Å². The minimum atomic E-state index is 0.584. The first-order chi connectivity index (χ1) is 8.25. The summed E-state index contributed by atoms with van der Waals surface area (Å²) in [5.41, 5.74) is 6.46. The van der Waals surface area contributed by atoms with E-state index in [-0.39, 0.29) is 0 Å². The molecule has 1 saturated carbocycles. The van der Waals surface area contributed by atoms with Crippen LogP contribution < -0.4 is 11.1 Å². The smallest absolute Gasteiger partial charge is 0.149 e. The molecule has 0 saturated heterocycles.